The van der Waals surface area contributed by atoms with Crippen LogP contribution in [0.15, 0.2) is 42.5 Å². The maximum absolute atomic E-state index is 9.88. The molecule has 27 heavy (non-hydrogen) atoms. The molecular weight excluding hydrogens is 387 g/mol. The Kier molecular flexibility index (Phi) is 8.67. The fraction of sp³-hybridized carbons (Fsp3) is 0.400. The number of benzene rings is 2. The van der Waals surface area contributed by atoms with Gasteiger partial charge in [-0.3, -0.25) is 0 Å². The van der Waals surface area contributed by atoms with Gasteiger partial charge in [-0.2, -0.15) is 0 Å². The van der Waals surface area contributed by atoms with Crippen LogP contribution in [0.25, 0.3) is 0 Å². The Bertz CT molecular complexity index is 730. The van der Waals surface area contributed by atoms with Crippen LogP contribution in [0.3, 0.4) is 0 Å². The highest BCUT2D eigenvalue weighted by atomic mass is 35.5. The first-order chi connectivity index (χ1) is 12.7. The third-order valence-electron chi connectivity index (χ3n) is 4.62. The maximum Gasteiger partial charge on any atom is 0.125 e. The molecule has 7 heteroatoms. The molecule has 0 radical (unpaired) electrons. The van der Waals surface area contributed by atoms with Crippen LogP contribution in [0.1, 0.15) is 11.1 Å². The summed E-state index contributed by atoms with van der Waals surface area (Å²) >= 11 is 6.38. The summed E-state index contributed by atoms with van der Waals surface area (Å²) < 4.78 is 11.3. The molecule has 0 saturated carbocycles. The summed E-state index contributed by atoms with van der Waals surface area (Å²) in [5, 5.41) is 17.1. The van der Waals surface area contributed by atoms with Crippen molar-refractivity contribution in [3.8, 4) is 11.5 Å². The number of β-amino-alcohol motifs (C(OH)–C–C–N with tert-alkyl or cyclic N) is 1. The summed E-state index contributed by atoms with van der Waals surface area (Å²) in [5.74, 6) is 1.79. The molecule has 148 valence electrons. The first-order valence-electron chi connectivity index (χ1n) is 8.80. The number of hydrogen-bond acceptors (Lipinski definition) is 5. The van der Waals surface area contributed by atoms with E-state index in [1.165, 1.54) is 0 Å². The van der Waals surface area contributed by atoms with Gasteiger partial charge in [0.25, 0.3) is 0 Å². The Balaban J connectivity index is 0.00000261. The smallest absolute Gasteiger partial charge is 0.125 e. The number of rotatable bonds is 8. The lowest BCUT2D eigenvalue weighted by molar-refractivity contribution is 0.146. The van der Waals surface area contributed by atoms with Crippen molar-refractivity contribution in [2.45, 2.75) is 19.3 Å². The van der Waals surface area contributed by atoms with Crippen LogP contribution in [0.2, 0.25) is 5.02 Å². The minimum Gasteiger partial charge on any atom is -0.497 e. The minimum absolute atomic E-state index is 0. The molecule has 1 saturated heterocycles. The molecule has 3 N–H and O–H groups in total. The SMILES string of the molecule is COc1cccc(COc2cccc(Cl)c2CNCC2CNCC2O)c1.Cl. The second-order valence-electron chi connectivity index (χ2n) is 6.47. The third kappa shape index (κ3) is 5.99. The van der Waals surface area contributed by atoms with Crippen molar-refractivity contribution >= 4 is 24.0 Å². The molecule has 2 aromatic carbocycles. The Morgan fingerprint density at radius 3 is 2.78 bits per heavy atom. The van der Waals surface area contributed by atoms with Crippen molar-refractivity contribution in [2.75, 3.05) is 26.7 Å². The van der Waals surface area contributed by atoms with Crippen LogP contribution in [0.4, 0.5) is 0 Å². The predicted molar refractivity (Wildman–Crippen MR) is 110 cm³/mol. The van der Waals surface area contributed by atoms with E-state index in [-0.39, 0.29) is 24.4 Å². The number of nitrogens with one attached hydrogen (secondary N) is 2. The van der Waals surface area contributed by atoms with Crippen LogP contribution < -0.4 is 20.1 Å². The van der Waals surface area contributed by atoms with Gasteiger partial charge in [0.2, 0.25) is 0 Å². The van der Waals surface area contributed by atoms with Crippen molar-refractivity contribution < 1.29 is 14.6 Å². The third-order valence-corrected chi connectivity index (χ3v) is 4.97. The van der Waals surface area contributed by atoms with E-state index in [1.807, 2.05) is 42.5 Å². The van der Waals surface area contributed by atoms with Gasteiger partial charge >= 0.3 is 0 Å². The van der Waals surface area contributed by atoms with Crippen molar-refractivity contribution in [2.24, 2.45) is 5.92 Å². The zero-order valence-electron chi connectivity index (χ0n) is 15.3. The standard InChI is InChI=1S/C20H25ClN2O3.ClH/c1-25-16-5-2-4-14(8-16)13-26-20-7-3-6-18(21)17(20)11-22-9-15-10-23-12-19(15)24;/h2-8,15,19,22-24H,9-13H2,1H3;1H. The van der Waals surface area contributed by atoms with E-state index in [2.05, 4.69) is 10.6 Å². The van der Waals surface area contributed by atoms with Gasteiger partial charge < -0.3 is 25.2 Å². The lowest BCUT2D eigenvalue weighted by atomic mass is 10.1. The van der Waals surface area contributed by atoms with Gasteiger partial charge in [-0.05, 0) is 29.8 Å². The van der Waals surface area contributed by atoms with Crippen molar-refractivity contribution in [1.29, 1.82) is 0 Å². The Morgan fingerprint density at radius 2 is 2.04 bits per heavy atom. The Hall–Kier alpha value is -1.50. The van der Waals surface area contributed by atoms with Gasteiger partial charge in [-0.25, -0.2) is 0 Å². The largest absolute Gasteiger partial charge is 0.497 e. The van der Waals surface area contributed by atoms with Crippen LogP contribution >= 0.6 is 24.0 Å². The molecule has 1 aliphatic heterocycles. The monoisotopic (exact) mass is 412 g/mol. The molecule has 0 amide bonds. The van der Waals surface area contributed by atoms with Crippen LogP contribution in [-0.4, -0.2) is 38.0 Å². The zero-order chi connectivity index (χ0) is 18.4. The first-order valence-corrected chi connectivity index (χ1v) is 9.18. The summed E-state index contributed by atoms with van der Waals surface area (Å²) in [4.78, 5) is 0. The molecule has 5 nitrogen and oxygen atoms in total. The average molecular weight is 413 g/mol. The van der Waals surface area contributed by atoms with E-state index < -0.39 is 0 Å². The highest BCUT2D eigenvalue weighted by Crippen LogP contribution is 2.27. The molecule has 2 aromatic rings. The molecule has 2 atom stereocenters. The maximum atomic E-state index is 9.88. The van der Waals surface area contributed by atoms with E-state index in [0.29, 0.717) is 24.7 Å². The average Bonchev–Trinajstić information content (AvgIpc) is 3.07. The van der Waals surface area contributed by atoms with Crippen molar-refractivity contribution in [3.05, 3.63) is 58.6 Å². The molecule has 0 aromatic heterocycles. The second-order valence-corrected chi connectivity index (χ2v) is 6.88. The number of hydrogen-bond donors (Lipinski definition) is 3. The summed E-state index contributed by atoms with van der Waals surface area (Å²) in [6.45, 7) is 3.25. The fourth-order valence-electron chi connectivity index (χ4n) is 3.08. The normalized spacial score (nSPS) is 18.8. The first kappa shape index (κ1) is 21.8. The van der Waals surface area contributed by atoms with Gasteiger partial charge in [0.05, 0.1) is 13.2 Å². The van der Waals surface area contributed by atoms with Gasteiger partial charge in [-0.1, -0.05) is 29.8 Å². The van der Waals surface area contributed by atoms with Crippen LogP contribution in [0, 0.1) is 5.92 Å². The highest BCUT2D eigenvalue weighted by molar-refractivity contribution is 6.31. The van der Waals surface area contributed by atoms with Gasteiger partial charge in [0.15, 0.2) is 0 Å². The minimum atomic E-state index is -0.294. The number of methoxy groups -OCH3 is 1. The predicted octanol–water partition coefficient (Wildman–Crippen LogP) is 3.02. The lowest BCUT2D eigenvalue weighted by Crippen LogP contribution is -2.30. The molecule has 0 bridgehead atoms. The summed E-state index contributed by atoms with van der Waals surface area (Å²) in [7, 11) is 1.65. The number of halogens is 2. The Labute approximate surface area is 171 Å². The summed E-state index contributed by atoms with van der Waals surface area (Å²) in [6, 6.07) is 13.5. The quantitative estimate of drug-likeness (QED) is 0.621. The molecule has 1 heterocycles. The van der Waals surface area contributed by atoms with Crippen LogP contribution in [0.5, 0.6) is 11.5 Å². The number of aliphatic hydroxyl groups is 1. The van der Waals surface area contributed by atoms with E-state index in [0.717, 1.165) is 35.7 Å². The Morgan fingerprint density at radius 1 is 1.22 bits per heavy atom. The molecular formula is C20H26Cl2N2O3. The second kappa shape index (κ2) is 10.7. The molecule has 2 unspecified atom stereocenters. The van der Waals surface area contributed by atoms with E-state index in [1.54, 1.807) is 7.11 Å². The van der Waals surface area contributed by atoms with Crippen LogP contribution in [-0.2, 0) is 13.2 Å². The molecule has 0 aliphatic carbocycles. The van der Waals surface area contributed by atoms with Crippen molar-refractivity contribution in [3.63, 3.8) is 0 Å². The van der Waals surface area contributed by atoms with Gasteiger partial charge in [0.1, 0.15) is 18.1 Å². The summed E-state index contributed by atoms with van der Waals surface area (Å²) in [5.41, 5.74) is 1.96. The molecule has 1 aliphatic rings. The molecule has 3 rings (SSSR count). The van der Waals surface area contributed by atoms with Crippen molar-refractivity contribution in [1.82, 2.24) is 10.6 Å². The zero-order valence-corrected chi connectivity index (χ0v) is 16.9. The van der Waals surface area contributed by atoms with E-state index in [4.69, 9.17) is 21.1 Å². The van der Waals surface area contributed by atoms with E-state index >= 15 is 0 Å². The highest BCUT2D eigenvalue weighted by Gasteiger charge is 2.24. The number of ether oxygens (including phenoxy) is 2. The summed E-state index contributed by atoms with van der Waals surface area (Å²) in [6.07, 6.45) is -0.294. The number of aliphatic hydroxyl groups excluding tert-OH is 1. The van der Waals surface area contributed by atoms with Gasteiger partial charge in [0, 0.05) is 42.7 Å². The lowest BCUT2D eigenvalue weighted by Gasteiger charge is -2.17. The van der Waals surface area contributed by atoms with E-state index in [9.17, 15) is 5.11 Å². The molecule has 0 spiro atoms. The topological polar surface area (TPSA) is 62.8 Å². The molecule has 1 fully saturated rings. The van der Waals surface area contributed by atoms with Gasteiger partial charge in [-0.15, -0.1) is 12.4 Å². The fourth-order valence-corrected chi connectivity index (χ4v) is 3.31.